The first-order valence-corrected chi connectivity index (χ1v) is 8.35. The zero-order valence-electron chi connectivity index (χ0n) is 11.8. The van der Waals surface area contributed by atoms with Crippen LogP contribution in [0.15, 0.2) is 40.2 Å². The molecular weight excluding hydrogens is 266 g/mol. The molecule has 0 bridgehead atoms. The molecule has 0 unspecified atom stereocenters. The zero-order valence-corrected chi connectivity index (χ0v) is 12.7. The van der Waals surface area contributed by atoms with Crippen LogP contribution in [0.25, 0.3) is 0 Å². The van der Waals surface area contributed by atoms with E-state index in [-0.39, 0.29) is 0 Å². The minimum Gasteiger partial charge on any atom is -0.370 e. The highest BCUT2D eigenvalue weighted by molar-refractivity contribution is 8.01. The van der Waals surface area contributed by atoms with Gasteiger partial charge in [-0.15, -0.1) is 11.8 Å². The van der Waals surface area contributed by atoms with Gasteiger partial charge in [0.2, 0.25) is 0 Å². The highest BCUT2D eigenvalue weighted by Gasteiger charge is 2.43. The van der Waals surface area contributed by atoms with Crippen molar-refractivity contribution in [2.75, 3.05) is 13.1 Å². The number of nitrogens with two attached hydrogens (primary N) is 1. The van der Waals surface area contributed by atoms with Crippen LogP contribution in [0.5, 0.6) is 0 Å². The molecule has 2 aliphatic rings. The predicted octanol–water partition coefficient (Wildman–Crippen LogP) is 3.02. The monoisotopic (exact) mass is 289 g/mol. The minimum absolute atomic E-state index is 0.296. The van der Waals surface area contributed by atoms with E-state index in [4.69, 9.17) is 5.73 Å². The van der Waals surface area contributed by atoms with Gasteiger partial charge < -0.3 is 11.1 Å². The number of thioether (sulfide) groups is 1. The van der Waals surface area contributed by atoms with Gasteiger partial charge in [0.25, 0.3) is 0 Å². The van der Waals surface area contributed by atoms with E-state index in [0.29, 0.717) is 10.7 Å². The molecule has 108 valence electrons. The Kier molecular flexibility index (Phi) is 4.20. The van der Waals surface area contributed by atoms with Crippen LogP contribution in [0.4, 0.5) is 0 Å². The Balaban J connectivity index is 1.46. The molecule has 0 aliphatic heterocycles. The number of aliphatic imine (C=N–C) groups is 1. The maximum atomic E-state index is 5.96. The van der Waals surface area contributed by atoms with Crippen molar-refractivity contribution in [2.24, 2.45) is 16.6 Å². The van der Waals surface area contributed by atoms with E-state index in [2.05, 4.69) is 40.6 Å². The lowest BCUT2D eigenvalue weighted by molar-refractivity contribution is 0.315. The summed E-state index contributed by atoms with van der Waals surface area (Å²) >= 11 is 1.95. The van der Waals surface area contributed by atoms with Crippen molar-refractivity contribution in [2.45, 2.75) is 41.7 Å². The molecule has 2 fully saturated rings. The lowest BCUT2D eigenvalue weighted by atomic mass is 9.85. The zero-order chi connectivity index (χ0) is 13.8. The first-order valence-electron chi connectivity index (χ1n) is 7.54. The molecule has 20 heavy (non-hydrogen) atoms. The molecule has 0 aromatic heterocycles. The molecule has 1 aromatic rings. The number of hydrogen-bond donors (Lipinski definition) is 2. The van der Waals surface area contributed by atoms with Crippen LogP contribution in [0, 0.1) is 5.92 Å². The van der Waals surface area contributed by atoms with E-state index >= 15 is 0 Å². The van der Waals surface area contributed by atoms with Gasteiger partial charge in [-0.1, -0.05) is 24.6 Å². The molecule has 0 amide bonds. The fourth-order valence-corrected chi connectivity index (χ4v) is 3.63. The highest BCUT2D eigenvalue weighted by atomic mass is 32.2. The lowest BCUT2D eigenvalue weighted by Gasteiger charge is -2.25. The van der Waals surface area contributed by atoms with Crippen molar-refractivity contribution in [3.05, 3.63) is 30.3 Å². The van der Waals surface area contributed by atoms with Crippen LogP contribution in [-0.4, -0.2) is 23.8 Å². The lowest BCUT2D eigenvalue weighted by Crippen LogP contribution is -2.37. The number of benzene rings is 1. The first-order chi connectivity index (χ1) is 9.76. The molecule has 0 radical (unpaired) electrons. The molecule has 0 saturated heterocycles. The molecule has 3 N–H and O–H groups in total. The molecule has 4 heteroatoms. The van der Waals surface area contributed by atoms with Gasteiger partial charge in [-0.2, -0.15) is 0 Å². The number of rotatable bonds is 6. The second kappa shape index (κ2) is 6.08. The molecule has 0 atom stereocenters. The summed E-state index contributed by atoms with van der Waals surface area (Å²) in [5, 5.41) is 3.27. The van der Waals surface area contributed by atoms with Crippen molar-refractivity contribution < 1.29 is 0 Å². The van der Waals surface area contributed by atoms with E-state index in [1.807, 2.05) is 11.8 Å². The Morgan fingerprint density at radius 3 is 2.65 bits per heavy atom. The maximum Gasteiger partial charge on any atom is 0.188 e. The molecule has 3 rings (SSSR count). The number of guanidine groups is 1. The SMILES string of the molecule is NC(=NCC1(Sc2ccccc2)CC1)NCC1CCC1. The van der Waals surface area contributed by atoms with Gasteiger partial charge in [-0.05, 0) is 43.7 Å². The Hall–Kier alpha value is -1.16. The largest absolute Gasteiger partial charge is 0.370 e. The summed E-state index contributed by atoms with van der Waals surface area (Å²) < 4.78 is 0.296. The second-order valence-corrected chi connectivity index (χ2v) is 7.52. The summed E-state index contributed by atoms with van der Waals surface area (Å²) in [7, 11) is 0. The number of hydrogen-bond acceptors (Lipinski definition) is 2. The van der Waals surface area contributed by atoms with Crippen molar-refractivity contribution >= 4 is 17.7 Å². The summed E-state index contributed by atoms with van der Waals surface area (Å²) in [6.45, 7) is 1.82. The summed E-state index contributed by atoms with van der Waals surface area (Å²) in [6.07, 6.45) is 6.54. The van der Waals surface area contributed by atoms with Crippen molar-refractivity contribution in [3.8, 4) is 0 Å². The van der Waals surface area contributed by atoms with Crippen LogP contribution in [0.3, 0.4) is 0 Å². The summed E-state index contributed by atoms with van der Waals surface area (Å²) in [5.74, 6) is 1.44. The van der Waals surface area contributed by atoms with Gasteiger partial charge in [0, 0.05) is 16.2 Å². The summed E-state index contributed by atoms with van der Waals surface area (Å²) in [5.41, 5.74) is 5.96. The van der Waals surface area contributed by atoms with Gasteiger partial charge in [-0.25, -0.2) is 0 Å². The summed E-state index contributed by atoms with van der Waals surface area (Å²) in [4.78, 5) is 5.88. The average molecular weight is 289 g/mol. The topological polar surface area (TPSA) is 50.4 Å². The smallest absolute Gasteiger partial charge is 0.188 e. The molecule has 2 aliphatic carbocycles. The van der Waals surface area contributed by atoms with Gasteiger partial charge >= 0.3 is 0 Å². The standard InChI is InChI=1S/C16H23N3S/c17-15(18-11-13-5-4-6-13)19-12-16(9-10-16)20-14-7-2-1-3-8-14/h1-3,7-8,13H,4-6,9-12H2,(H3,17,18,19). The average Bonchev–Trinajstić information content (AvgIpc) is 3.16. The maximum absolute atomic E-state index is 5.96. The van der Waals surface area contributed by atoms with Crippen molar-refractivity contribution in [1.29, 1.82) is 0 Å². The normalized spacial score (nSPS) is 21.3. The van der Waals surface area contributed by atoms with Gasteiger partial charge in [-0.3, -0.25) is 4.99 Å². The molecule has 2 saturated carbocycles. The third kappa shape index (κ3) is 3.69. The summed E-state index contributed by atoms with van der Waals surface area (Å²) in [6, 6.07) is 10.6. The number of nitrogens with one attached hydrogen (secondary N) is 1. The van der Waals surface area contributed by atoms with Crippen LogP contribution in [0.2, 0.25) is 0 Å². The quantitative estimate of drug-likeness (QED) is 0.625. The Bertz CT molecular complexity index is 464. The minimum atomic E-state index is 0.296. The molecule has 1 aromatic carbocycles. The van der Waals surface area contributed by atoms with Crippen LogP contribution >= 0.6 is 11.8 Å². The molecule has 0 heterocycles. The molecule has 3 nitrogen and oxygen atoms in total. The van der Waals surface area contributed by atoms with Crippen LogP contribution < -0.4 is 11.1 Å². The Morgan fingerprint density at radius 2 is 2.05 bits per heavy atom. The van der Waals surface area contributed by atoms with E-state index < -0.39 is 0 Å². The second-order valence-electron chi connectivity index (χ2n) is 5.98. The van der Waals surface area contributed by atoms with E-state index in [1.165, 1.54) is 37.0 Å². The van der Waals surface area contributed by atoms with Crippen LogP contribution in [-0.2, 0) is 0 Å². The number of nitrogens with zero attached hydrogens (tertiary/aromatic N) is 1. The van der Waals surface area contributed by atoms with E-state index in [9.17, 15) is 0 Å². The highest BCUT2D eigenvalue weighted by Crippen LogP contribution is 2.51. The third-order valence-electron chi connectivity index (χ3n) is 4.22. The van der Waals surface area contributed by atoms with E-state index in [1.54, 1.807) is 0 Å². The van der Waals surface area contributed by atoms with E-state index in [0.717, 1.165) is 19.0 Å². The fourth-order valence-electron chi connectivity index (χ4n) is 2.40. The van der Waals surface area contributed by atoms with Crippen molar-refractivity contribution in [3.63, 3.8) is 0 Å². The van der Waals surface area contributed by atoms with Crippen molar-refractivity contribution in [1.82, 2.24) is 5.32 Å². The predicted molar refractivity (Wildman–Crippen MR) is 86.1 cm³/mol. The van der Waals surface area contributed by atoms with Gasteiger partial charge in [0.1, 0.15) is 0 Å². The fraction of sp³-hybridized carbons (Fsp3) is 0.562. The van der Waals surface area contributed by atoms with Crippen LogP contribution in [0.1, 0.15) is 32.1 Å². The van der Waals surface area contributed by atoms with Gasteiger partial charge in [0.15, 0.2) is 5.96 Å². The molecular formula is C16H23N3S. The first kappa shape index (κ1) is 13.8. The third-order valence-corrected chi connectivity index (χ3v) is 5.70. The molecule has 0 spiro atoms. The van der Waals surface area contributed by atoms with Gasteiger partial charge in [0.05, 0.1) is 6.54 Å². The Labute approximate surface area is 125 Å². The Morgan fingerprint density at radius 1 is 1.30 bits per heavy atom.